The van der Waals surface area contributed by atoms with Gasteiger partial charge in [-0.05, 0) is 31.2 Å². The number of ether oxygens (including phenoxy) is 2. The number of methoxy groups -OCH3 is 1. The van der Waals surface area contributed by atoms with Gasteiger partial charge in [0.2, 0.25) is 0 Å². The Morgan fingerprint density at radius 3 is 2.44 bits per heavy atom. The fourth-order valence-electron chi connectivity index (χ4n) is 2.24. The summed E-state index contributed by atoms with van der Waals surface area (Å²) in [4.78, 5) is 24.3. The number of carbonyl (C=O) groups excluding carboxylic acids is 2. The lowest BCUT2D eigenvalue weighted by atomic mass is 10.1. The minimum atomic E-state index is -0.733. The maximum atomic E-state index is 12.7. The second-order valence-corrected chi connectivity index (χ2v) is 5.23. The van der Waals surface area contributed by atoms with E-state index in [0.29, 0.717) is 22.7 Å². The lowest BCUT2D eigenvalue weighted by Gasteiger charge is -2.12. The van der Waals surface area contributed by atoms with E-state index in [2.05, 4.69) is 10.6 Å². The first kappa shape index (κ1) is 19.5. The molecule has 1 amide bonds. The van der Waals surface area contributed by atoms with Crippen molar-refractivity contribution in [3.05, 3.63) is 65.9 Å². The number of amides is 1. The predicted molar refractivity (Wildman–Crippen MR) is 101 cm³/mol. The van der Waals surface area contributed by atoms with Gasteiger partial charge in [0.1, 0.15) is 11.8 Å². The summed E-state index contributed by atoms with van der Waals surface area (Å²) >= 11 is 0. The van der Waals surface area contributed by atoms with Crippen molar-refractivity contribution in [1.82, 2.24) is 0 Å². The van der Waals surface area contributed by atoms with E-state index in [4.69, 9.17) is 14.7 Å². The predicted octanol–water partition coefficient (Wildman–Crippen LogP) is 3.33. The average Bonchev–Trinajstić information content (AvgIpc) is 2.69. The van der Waals surface area contributed by atoms with Gasteiger partial charge in [0.05, 0.1) is 30.7 Å². The van der Waals surface area contributed by atoms with Crippen molar-refractivity contribution in [3.63, 3.8) is 0 Å². The molecule has 0 atom stereocenters. The Kier molecular flexibility index (Phi) is 6.97. The van der Waals surface area contributed by atoms with Crippen LogP contribution in [0.25, 0.3) is 0 Å². The normalized spacial score (nSPS) is 10.5. The third kappa shape index (κ3) is 5.09. The number of nitrogens with zero attached hydrogens (tertiary/aromatic N) is 1. The summed E-state index contributed by atoms with van der Waals surface area (Å²) in [7, 11) is 1.52. The zero-order valence-corrected chi connectivity index (χ0v) is 15.0. The first-order valence-corrected chi connectivity index (χ1v) is 8.18. The summed E-state index contributed by atoms with van der Waals surface area (Å²) in [5.74, 6) is -0.570. The van der Waals surface area contributed by atoms with E-state index in [-0.39, 0.29) is 18.1 Å². The monoisotopic (exact) mass is 365 g/mol. The van der Waals surface area contributed by atoms with Crippen molar-refractivity contribution in [1.29, 1.82) is 5.26 Å². The summed E-state index contributed by atoms with van der Waals surface area (Å²) in [6.07, 6.45) is 1.22. The lowest BCUT2D eigenvalue weighted by Crippen LogP contribution is -2.15. The maximum absolute atomic E-state index is 12.7. The van der Waals surface area contributed by atoms with Crippen LogP contribution in [0.15, 0.2) is 60.3 Å². The van der Waals surface area contributed by atoms with Gasteiger partial charge in [0.25, 0.3) is 5.91 Å². The van der Waals surface area contributed by atoms with Gasteiger partial charge in [-0.15, -0.1) is 0 Å². The number of anilines is 2. The first-order valence-electron chi connectivity index (χ1n) is 8.18. The van der Waals surface area contributed by atoms with Crippen LogP contribution in [-0.4, -0.2) is 25.6 Å². The van der Waals surface area contributed by atoms with Crippen LogP contribution in [0.1, 0.15) is 17.3 Å². The number of benzene rings is 2. The topological polar surface area (TPSA) is 100 Å². The molecule has 0 saturated heterocycles. The van der Waals surface area contributed by atoms with Gasteiger partial charge in [-0.3, -0.25) is 4.79 Å². The number of hydrogen-bond donors (Lipinski definition) is 2. The molecular formula is C20H19N3O4. The molecule has 2 aromatic carbocycles. The van der Waals surface area contributed by atoms with E-state index in [1.165, 1.54) is 13.3 Å². The Morgan fingerprint density at radius 2 is 1.78 bits per heavy atom. The largest absolute Gasteiger partial charge is 0.495 e. The van der Waals surface area contributed by atoms with Crippen LogP contribution in [0.3, 0.4) is 0 Å². The van der Waals surface area contributed by atoms with Gasteiger partial charge >= 0.3 is 5.97 Å². The Hall–Kier alpha value is -3.79. The fourth-order valence-corrected chi connectivity index (χ4v) is 2.24. The van der Waals surface area contributed by atoms with Gasteiger partial charge in [-0.2, -0.15) is 5.26 Å². The van der Waals surface area contributed by atoms with Crippen molar-refractivity contribution in [3.8, 4) is 11.8 Å². The van der Waals surface area contributed by atoms with E-state index in [0.717, 1.165) is 0 Å². The zero-order valence-electron chi connectivity index (χ0n) is 15.0. The number of para-hydroxylation sites is 3. The molecule has 0 heterocycles. The summed E-state index contributed by atoms with van der Waals surface area (Å²) < 4.78 is 10.0. The molecule has 0 aliphatic rings. The molecule has 2 N–H and O–H groups in total. The molecule has 0 aliphatic heterocycles. The molecule has 0 unspecified atom stereocenters. The Labute approximate surface area is 157 Å². The molecule has 0 radical (unpaired) electrons. The second kappa shape index (κ2) is 9.63. The van der Waals surface area contributed by atoms with E-state index in [9.17, 15) is 9.59 Å². The number of hydrogen-bond acceptors (Lipinski definition) is 6. The molecule has 0 fully saturated rings. The van der Waals surface area contributed by atoms with Gasteiger partial charge in [0, 0.05) is 6.20 Å². The van der Waals surface area contributed by atoms with Crippen molar-refractivity contribution in [2.45, 2.75) is 6.92 Å². The highest BCUT2D eigenvalue weighted by Crippen LogP contribution is 2.25. The standard InChI is InChI=1S/C20H19N3O4/c1-3-27-20(25)14(12-21)13-22-16-9-5-4-8-15(16)19(24)23-17-10-6-7-11-18(17)26-2/h4-11,13,22H,3H2,1-2H3,(H,23,24)/b14-13+. The van der Waals surface area contributed by atoms with Gasteiger partial charge < -0.3 is 20.1 Å². The van der Waals surface area contributed by atoms with Gasteiger partial charge in [-0.25, -0.2) is 4.79 Å². The minimum Gasteiger partial charge on any atom is -0.495 e. The third-order valence-corrected chi connectivity index (χ3v) is 3.51. The van der Waals surface area contributed by atoms with Crippen molar-refractivity contribution >= 4 is 23.3 Å². The highest BCUT2D eigenvalue weighted by molar-refractivity contribution is 6.08. The summed E-state index contributed by atoms with van der Waals surface area (Å²) in [5.41, 5.74) is 1.10. The molecule has 7 heteroatoms. The quantitative estimate of drug-likeness (QED) is 0.443. The van der Waals surface area contributed by atoms with Crippen molar-refractivity contribution in [2.75, 3.05) is 24.4 Å². The van der Waals surface area contributed by atoms with E-state index < -0.39 is 5.97 Å². The SMILES string of the molecule is CCOC(=O)/C(C#N)=C/Nc1ccccc1C(=O)Nc1ccccc1OC. The van der Waals surface area contributed by atoms with E-state index >= 15 is 0 Å². The minimum absolute atomic E-state index is 0.162. The molecule has 7 nitrogen and oxygen atoms in total. The second-order valence-electron chi connectivity index (χ2n) is 5.23. The molecule has 0 spiro atoms. The molecule has 138 valence electrons. The molecule has 2 aromatic rings. The average molecular weight is 365 g/mol. The van der Waals surface area contributed by atoms with Crippen LogP contribution in [-0.2, 0) is 9.53 Å². The van der Waals surface area contributed by atoms with Crippen LogP contribution in [0.2, 0.25) is 0 Å². The maximum Gasteiger partial charge on any atom is 0.350 e. The van der Waals surface area contributed by atoms with Crippen LogP contribution in [0, 0.1) is 11.3 Å². The summed E-state index contributed by atoms with van der Waals surface area (Å²) in [5, 5.41) is 14.7. The number of carbonyl (C=O) groups is 2. The van der Waals surface area contributed by atoms with Crippen LogP contribution in [0.5, 0.6) is 5.75 Å². The highest BCUT2D eigenvalue weighted by atomic mass is 16.5. The Morgan fingerprint density at radius 1 is 1.11 bits per heavy atom. The number of nitrogens with one attached hydrogen (secondary N) is 2. The Balaban J connectivity index is 2.23. The molecule has 27 heavy (non-hydrogen) atoms. The third-order valence-electron chi connectivity index (χ3n) is 3.51. The van der Waals surface area contributed by atoms with Gasteiger partial charge in [-0.1, -0.05) is 24.3 Å². The molecule has 0 bridgehead atoms. The van der Waals surface area contributed by atoms with Crippen LogP contribution in [0.4, 0.5) is 11.4 Å². The van der Waals surface area contributed by atoms with Crippen LogP contribution < -0.4 is 15.4 Å². The fraction of sp³-hybridized carbons (Fsp3) is 0.150. The number of rotatable bonds is 7. The smallest absolute Gasteiger partial charge is 0.350 e. The molecule has 0 aromatic heterocycles. The zero-order chi connectivity index (χ0) is 19.6. The van der Waals surface area contributed by atoms with Crippen molar-refractivity contribution in [2.24, 2.45) is 0 Å². The Bertz CT molecular complexity index is 900. The first-order chi connectivity index (χ1) is 13.1. The van der Waals surface area contributed by atoms with Crippen LogP contribution >= 0.6 is 0 Å². The van der Waals surface area contributed by atoms with Crippen molar-refractivity contribution < 1.29 is 19.1 Å². The van der Waals surface area contributed by atoms with E-state index in [1.807, 2.05) is 0 Å². The summed E-state index contributed by atoms with van der Waals surface area (Å²) in [6, 6.07) is 15.5. The molecule has 2 rings (SSSR count). The molecule has 0 aliphatic carbocycles. The summed E-state index contributed by atoms with van der Waals surface area (Å²) in [6.45, 7) is 1.81. The number of esters is 1. The lowest BCUT2D eigenvalue weighted by molar-refractivity contribution is -0.138. The molecule has 0 saturated carbocycles. The highest BCUT2D eigenvalue weighted by Gasteiger charge is 2.14. The van der Waals surface area contributed by atoms with Gasteiger partial charge in [0.15, 0.2) is 5.57 Å². The van der Waals surface area contributed by atoms with E-state index in [1.54, 1.807) is 61.5 Å². The number of nitriles is 1. The molecular weight excluding hydrogens is 346 g/mol.